The van der Waals surface area contributed by atoms with E-state index in [0.29, 0.717) is 19.1 Å². The highest BCUT2D eigenvalue weighted by atomic mass is 16.4. The van der Waals surface area contributed by atoms with Gasteiger partial charge in [0.25, 0.3) is 11.8 Å². The summed E-state index contributed by atoms with van der Waals surface area (Å²) in [4.78, 5) is 59.4. The van der Waals surface area contributed by atoms with Crippen molar-refractivity contribution in [3.63, 3.8) is 0 Å². The number of carbonyl (C=O) groups is 5. The highest BCUT2D eigenvalue weighted by Gasteiger charge is 2.42. The van der Waals surface area contributed by atoms with Crippen molar-refractivity contribution in [2.24, 2.45) is 5.73 Å². The number of unbranched alkanes of at least 4 members (excludes halogenated alkanes) is 3. The van der Waals surface area contributed by atoms with Gasteiger partial charge in [-0.2, -0.15) is 0 Å². The summed E-state index contributed by atoms with van der Waals surface area (Å²) in [6, 6.07) is 3.86. The second kappa shape index (κ2) is 9.77. The summed E-state index contributed by atoms with van der Waals surface area (Å²) in [5.74, 6) is -2.77. The van der Waals surface area contributed by atoms with E-state index in [4.69, 9.17) is 10.8 Å². The van der Waals surface area contributed by atoms with Gasteiger partial charge in [0, 0.05) is 12.8 Å². The maximum Gasteiger partial charge on any atom is 0.303 e. The lowest BCUT2D eigenvalue weighted by molar-refractivity contribution is -0.137. The first-order chi connectivity index (χ1) is 13.4. The number of aryl methyl sites for hydroxylation is 1. The molecule has 1 aliphatic heterocycles. The molecule has 0 saturated heterocycles. The van der Waals surface area contributed by atoms with Crippen LogP contribution < -0.4 is 5.73 Å². The van der Waals surface area contributed by atoms with E-state index in [2.05, 4.69) is 0 Å². The number of nitrogens with two attached hydrogens (primary N) is 1. The fourth-order valence-electron chi connectivity index (χ4n) is 3.43. The van der Waals surface area contributed by atoms with E-state index in [1.807, 2.05) is 0 Å². The second-order valence-corrected chi connectivity index (χ2v) is 6.79. The predicted octanol–water partition coefficient (Wildman–Crippen LogP) is 1.69. The van der Waals surface area contributed by atoms with Gasteiger partial charge in [-0.1, -0.05) is 25.0 Å². The Kier molecular flexibility index (Phi) is 7.43. The summed E-state index contributed by atoms with van der Waals surface area (Å²) in [7, 11) is 0. The molecule has 8 nitrogen and oxygen atoms in total. The van der Waals surface area contributed by atoms with Crippen molar-refractivity contribution in [2.45, 2.75) is 57.4 Å². The van der Waals surface area contributed by atoms with Gasteiger partial charge in [0.1, 0.15) is 12.3 Å². The van der Waals surface area contributed by atoms with Gasteiger partial charge in [0.2, 0.25) is 5.91 Å². The zero-order valence-electron chi connectivity index (χ0n) is 15.6. The van der Waals surface area contributed by atoms with Gasteiger partial charge >= 0.3 is 5.97 Å². The summed E-state index contributed by atoms with van der Waals surface area (Å²) in [5, 5.41) is 8.64. The molecule has 0 spiro atoms. The van der Waals surface area contributed by atoms with E-state index < -0.39 is 29.7 Å². The molecule has 0 aromatic heterocycles. The van der Waals surface area contributed by atoms with Crippen molar-refractivity contribution in [1.29, 1.82) is 0 Å². The van der Waals surface area contributed by atoms with E-state index in [-0.39, 0.29) is 30.4 Å². The minimum atomic E-state index is -1.15. The number of rotatable bonds is 12. The molecule has 0 saturated carbocycles. The summed E-state index contributed by atoms with van der Waals surface area (Å²) in [6.45, 7) is 0. The van der Waals surface area contributed by atoms with Crippen molar-refractivity contribution < 1.29 is 29.1 Å². The molecule has 1 aromatic carbocycles. The molecule has 150 valence electrons. The van der Waals surface area contributed by atoms with Crippen molar-refractivity contribution in [2.75, 3.05) is 0 Å². The number of carbonyl (C=O) groups excluding carboxylic acids is 4. The molecule has 28 heavy (non-hydrogen) atoms. The van der Waals surface area contributed by atoms with Crippen LogP contribution in [0.15, 0.2) is 18.2 Å². The normalized spacial score (nSPS) is 14.1. The first-order valence-corrected chi connectivity index (χ1v) is 9.33. The summed E-state index contributed by atoms with van der Waals surface area (Å²) < 4.78 is 0. The number of amides is 3. The minimum absolute atomic E-state index is 0.00319. The van der Waals surface area contributed by atoms with Crippen LogP contribution in [0.1, 0.15) is 71.2 Å². The van der Waals surface area contributed by atoms with Gasteiger partial charge in [-0.05, 0) is 37.3 Å². The monoisotopic (exact) mass is 388 g/mol. The molecule has 1 heterocycles. The molecule has 0 fully saturated rings. The number of imide groups is 1. The SMILES string of the molecule is NC(=O)C(CCC=O)N1C(=O)c2cccc(CCCCCCC(=O)O)c2C1=O. The second-order valence-electron chi connectivity index (χ2n) is 6.79. The van der Waals surface area contributed by atoms with Crippen LogP contribution in [0.5, 0.6) is 0 Å². The van der Waals surface area contributed by atoms with Crippen LogP contribution in [0, 0.1) is 0 Å². The largest absolute Gasteiger partial charge is 0.481 e. The van der Waals surface area contributed by atoms with Crippen LogP contribution in [-0.4, -0.2) is 46.0 Å². The number of aliphatic carboxylic acids is 1. The molecule has 8 heteroatoms. The number of primary amides is 1. The van der Waals surface area contributed by atoms with E-state index in [1.54, 1.807) is 18.2 Å². The maximum absolute atomic E-state index is 12.9. The van der Waals surface area contributed by atoms with E-state index in [1.165, 1.54) is 0 Å². The van der Waals surface area contributed by atoms with Crippen molar-refractivity contribution in [3.05, 3.63) is 34.9 Å². The number of carboxylic acids is 1. The molecule has 3 N–H and O–H groups in total. The molecule has 0 radical (unpaired) electrons. The van der Waals surface area contributed by atoms with Crippen LogP contribution >= 0.6 is 0 Å². The maximum atomic E-state index is 12.9. The highest BCUT2D eigenvalue weighted by molar-refractivity contribution is 6.23. The molecular weight excluding hydrogens is 364 g/mol. The Morgan fingerprint density at radius 1 is 1.11 bits per heavy atom. The summed E-state index contributed by atoms with van der Waals surface area (Å²) in [6.07, 6.45) is 4.28. The minimum Gasteiger partial charge on any atom is -0.481 e. The number of carboxylic acid groups (broad SMARTS) is 1. The third-order valence-electron chi connectivity index (χ3n) is 4.82. The fourth-order valence-corrected chi connectivity index (χ4v) is 3.43. The standard InChI is InChI=1S/C20H24N2O6/c21-18(26)15(10-6-12-23)22-19(27)14-9-5-8-13(17(14)20(22)28)7-3-1-2-4-11-16(24)25/h5,8-9,12,15H,1-4,6-7,10-11H2,(H2,21,26)(H,24,25). The Bertz CT molecular complexity index is 789. The molecule has 0 bridgehead atoms. The zero-order chi connectivity index (χ0) is 20.7. The van der Waals surface area contributed by atoms with Crippen LogP contribution in [0.2, 0.25) is 0 Å². The van der Waals surface area contributed by atoms with Crippen molar-refractivity contribution in [1.82, 2.24) is 4.90 Å². The first-order valence-electron chi connectivity index (χ1n) is 9.33. The van der Waals surface area contributed by atoms with Crippen LogP contribution in [0.3, 0.4) is 0 Å². The van der Waals surface area contributed by atoms with Crippen molar-refractivity contribution >= 4 is 30.0 Å². The fraction of sp³-hybridized carbons (Fsp3) is 0.450. The number of aldehydes is 1. The third kappa shape index (κ3) is 4.82. The van der Waals surface area contributed by atoms with Crippen LogP contribution in [0.4, 0.5) is 0 Å². The van der Waals surface area contributed by atoms with E-state index >= 15 is 0 Å². The molecule has 0 aliphatic carbocycles. The van der Waals surface area contributed by atoms with Gasteiger partial charge in [0.05, 0.1) is 11.1 Å². The Morgan fingerprint density at radius 2 is 1.82 bits per heavy atom. The van der Waals surface area contributed by atoms with Gasteiger partial charge in [-0.3, -0.25) is 24.1 Å². The molecule has 1 aliphatic rings. The Hall–Kier alpha value is -3.03. The molecule has 1 aromatic rings. The highest BCUT2D eigenvalue weighted by Crippen LogP contribution is 2.29. The van der Waals surface area contributed by atoms with Crippen molar-refractivity contribution in [3.8, 4) is 0 Å². The van der Waals surface area contributed by atoms with Gasteiger partial charge < -0.3 is 15.6 Å². The van der Waals surface area contributed by atoms with E-state index in [9.17, 15) is 24.0 Å². The molecule has 3 amide bonds. The molecular formula is C20H24N2O6. The quantitative estimate of drug-likeness (QED) is 0.318. The lowest BCUT2D eigenvalue weighted by Crippen LogP contribution is -2.47. The number of fused-ring (bicyclic) bond motifs is 1. The van der Waals surface area contributed by atoms with Gasteiger partial charge in [-0.25, -0.2) is 0 Å². The zero-order valence-corrected chi connectivity index (χ0v) is 15.6. The average molecular weight is 388 g/mol. The Balaban J connectivity index is 2.11. The molecule has 1 unspecified atom stereocenters. The number of benzene rings is 1. The third-order valence-corrected chi connectivity index (χ3v) is 4.82. The molecule has 1 atom stereocenters. The van der Waals surface area contributed by atoms with Gasteiger partial charge in [-0.15, -0.1) is 0 Å². The smallest absolute Gasteiger partial charge is 0.303 e. The van der Waals surface area contributed by atoms with E-state index in [0.717, 1.165) is 29.7 Å². The van der Waals surface area contributed by atoms with Gasteiger partial charge in [0.15, 0.2) is 0 Å². The molecule has 2 rings (SSSR count). The number of nitrogens with zero attached hydrogens (tertiary/aromatic N) is 1. The van der Waals surface area contributed by atoms with Crippen LogP contribution in [-0.2, 0) is 20.8 Å². The lowest BCUT2D eigenvalue weighted by atomic mass is 9.97. The lowest BCUT2D eigenvalue weighted by Gasteiger charge is -2.22. The summed E-state index contributed by atoms with van der Waals surface area (Å²) >= 11 is 0. The Morgan fingerprint density at radius 3 is 2.46 bits per heavy atom. The average Bonchev–Trinajstić information content (AvgIpc) is 2.90. The Labute approximate surface area is 162 Å². The number of hydrogen-bond donors (Lipinski definition) is 2. The summed E-state index contributed by atoms with van der Waals surface area (Å²) in [5.41, 5.74) is 6.61. The first kappa shape index (κ1) is 21.3. The van der Waals surface area contributed by atoms with Crippen LogP contribution in [0.25, 0.3) is 0 Å². The topological polar surface area (TPSA) is 135 Å². The predicted molar refractivity (Wildman–Crippen MR) is 99.6 cm³/mol. The number of hydrogen-bond acceptors (Lipinski definition) is 5.